The number of aromatic hydroxyl groups is 1. The second kappa shape index (κ2) is 6.95. The van der Waals surface area contributed by atoms with Crippen LogP contribution in [-0.4, -0.2) is 43.3 Å². The van der Waals surface area contributed by atoms with Crippen molar-refractivity contribution in [3.05, 3.63) is 23.8 Å². The van der Waals surface area contributed by atoms with Crippen molar-refractivity contribution in [2.75, 3.05) is 33.3 Å². The molecule has 1 aliphatic rings. The molecule has 1 heterocycles. The van der Waals surface area contributed by atoms with Gasteiger partial charge in [0.2, 0.25) is 0 Å². The van der Waals surface area contributed by atoms with Gasteiger partial charge in [-0.05, 0) is 57.1 Å². The molecule has 4 heteroatoms. The molecule has 0 spiro atoms. The van der Waals surface area contributed by atoms with Gasteiger partial charge < -0.3 is 20.1 Å². The Morgan fingerprint density at radius 1 is 1.50 bits per heavy atom. The van der Waals surface area contributed by atoms with E-state index in [-0.39, 0.29) is 6.04 Å². The van der Waals surface area contributed by atoms with Crippen LogP contribution in [0.15, 0.2) is 18.2 Å². The first-order valence-electron chi connectivity index (χ1n) is 7.46. The standard InChI is InChI=1S/C16H26N2O2/c1-4-18-8-7-13(11-18)10-17-12(2)15-9-14(20-3)5-6-16(15)19/h5-6,9,12-13,17,19H,4,7-8,10-11H2,1-3H3. The lowest BCUT2D eigenvalue weighted by Crippen LogP contribution is -2.28. The fourth-order valence-corrected chi connectivity index (χ4v) is 2.83. The Kier molecular flexibility index (Phi) is 5.26. The topological polar surface area (TPSA) is 44.7 Å². The van der Waals surface area contributed by atoms with Crippen LogP contribution >= 0.6 is 0 Å². The highest BCUT2D eigenvalue weighted by atomic mass is 16.5. The Morgan fingerprint density at radius 2 is 2.30 bits per heavy atom. The third-order valence-electron chi connectivity index (χ3n) is 4.23. The normalized spacial score (nSPS) is 21.1. The predicted molar refractivity (Wildman–Crippen MR) is 81.3 cm³/mol. The largest absolute Gasteiger partial charge is 0.508 e. The van der Waals surface area contributed by atoms with Gasteiger partial charge in [-0.1, -0.05) is 6.92 Å². The van der Waals surface area contributed by atoms with Crippen molar-refractivity contribution in [2.24, 2.45) is 5.92 Å². The highest BCUT2D eigenvalue weighted by Gasteiger charge is 2.21. The molecule has 0 radical (unpaired) electrons. The van der Waals surface area contributed by atoms with Crippen molar-refractivity contribution in [2.45, 2.75) is 26.3 Å². The van der Waals surface area contributed by atoms with Crippen molar-refractivity contribution in [3.8, 4) is 11.5 Å². The van der Waals surface area contributed by atoms with Gasteiger partial charge in [-0.15, -0.1) is 0 Å². The zero-order valence-electron chi connectivity index (χ0n) is 12.7. The number of hydrogen-bond acceptors (Lipinski definition) is 4. The number of phenols is 1. The van der Waals surface area contributed by atoms with Crippen LogP contribution in [0.2, 0.25) is 0 Å². The first kappa shape index (κ1) is 15.1. The lowest BCUT2D eigenvalue weighted by Gasteiger charge is -2.19. The summed E-state index contributed by atoms with van der Waals surface area (Å²) in [7, 11) is 1.64. The minimum Gasteiger partial charge on any atom is -0.508 e. The van der Waals surface area contributed by atoms with E-state index in [2.05, 4.69) is 24.1 Å². The molecule has 2 atom stereocenters. The highest BCUT2D eigenvalue weighted by Crippen LogP contribution is 2.28. The molecule has 0 aliphatic carbocycles. The van der Waals surface area contributed by atoms with E-state index >= 15 is 0 Å². The molecule has 0 aromatic heterocycles. The molecule has 2 rings (SSSR count). The van der Waals surface area contributed by atoms with Crippen LogP contribution in [0, 0.1) is 5.92 Å². The van der Waals surface area contributed by atoms with Gasteiger partial charge in [0.05, 0.1) is 7.11 Å². The number of hydrogen-bond donors (Lipinski definition) is 2. The summed E-state index contributed by atoms with van der Waals surface area (Å²) < 4.78 is 5.22. The van der Waals surface area contributed by atoms with Crippen LogP contribution in [0.25, 0.3) is 0 Å². The van der Waals surface area contributed by atoms with Crippen LogP contribution in [0.3, 0.4) is 0 Å². The van der Waals surface area contributed by atoms with Crippen molar-refractivity contribution < 1.29 is 9.84 Å². The fraction of sp³-hybridized carbons (Fsp3) is 0.625. The van der Waals surface area contributed by atoms with E-state index in [4.69, 9.17) is 4.74 Å². The Morgan fingerprint density at radius 3 is 2.95 bits per heavy atom. The van der Waals surface area contributed by atoms with Crippen LogP contribution in [0.4, 0.5) is 0 Å². The van der Waals surface area contributed by atoms with Crippen LogP contribution in [0.5, 0.6) is 11.5 Å². The predicted octanol–water partition coefficient (Wildman–Crippen LogP) is 2.39. The Labute approximate surface area is 121 Å². The molecule has 2 N–H and O–H groups in total. The molecule has 0 saturated carbocycles. The zero-order valence-corrected chi connectivity index (χ0v) is 12.7. The number of nitrogens with one attached hydrogen (secondary N) is 1. The van der Waals surface area contributed by atoms with Crippen molar-refractivity contribution >= 4 is 0 Å². The molecule has 1 aromatic carbocycles. The van der Waals surface area contributed by atoms with E-state index in [0.29, 0.717) is 11.7 Å². The van der Waals surface area contributed by atoms with Crippen LogP contribution < -0.4 is 10.1 Å². The summed E-state index contributed by atoms with van der Waals surface area (Å²) in [5.74, 6) is 1.82. The molecule has 112 valence electrons. The molecule has 1 fully saturated rings. The van der Waals surface area contributed by atoms with E-state index in [1.165, 1.54) is 19.5 Å². The van der Waals surface area contributed by atoms with Crippen molar-refractivity contribution in [3.63, 3.8) is 0 Å². The third-order valence-corrected chi connectivity index (χ3v) is 4.23. The zero-order chi connectivity index (χ0) is 14.5. The van der Waals surface area contributed by atoms with E-state index in [1.807, 2.05) is 6.07 Å². The van der Waals surface area contributed by atoms with Gasteiger partial charge in [-0.2, -0.15) is 0 Å². The smallest absolute Gasteiger partial charge is 0.120 e. The Balaban J connectivity index is 1.90. The molecule has 1 aromatic rings. The van der Waals surface area contributed by atoms with E-state index in [1.54, 1.807) is 19.2 Å². The summed E-state index contributed by atoms with van der Waals surface area (Å²) in [5.41, 5.74) is 0.898. The number of nitrogens with zero attached hydrogens (tertiary/aromatic N) is 1. The van der Waals surface area contributed by atoms with Crippen LogP contribution in [0.1, 0.15) is 31.9 Å². The second-order valence-electron chi connectivity index (χ2n) is 5.60. The SMILES string of the molecule is CCN1CCC(CNC(C)c2cc(OC)ccc2O)C1. The number of phenolic OH excluding ortho intramolecular Hbond substituents is 1. The lowest BCUT2D eigenvalue weighted by molar-refractivity contribution is 0.335. The number of benzene rings is 1. The summed E-state index contributed by atoms with van der Waals surface area (Å²) in [6, 6.07) is 5.50. The van der Waals surface area contributed by atoms with Gasteiger partial charge in [0.25, 0.3) is 0 Å². The first-order valence-corrected chi connectivity index (χ1v) is 7.46. The maximum atomic E-state index is 9.97. The molecule has 20 heavy (non-hydrogen) atoms. The summed E-state index contributed by atoms with van der Waals surface area (Å²) >= 11 is 0. The average molecular weight is 278 g/mol. The van der Waals surface area contributed by atoms with E-state index < -0.39 is 0 Å². The maximum absolute atomic E-state index is 9.97. The number of likely N-dealkylation sites (tertiary alicyclic amines) is 1. The monoisotopic (exact) mass is 278 g/mol. The summed E-state index contributed by atoms with van der Waals surface area (Å²) in [6.07, 6.45) is 1.26. The molecule has 0 amide bonds. The summed E-state index contributed by atoms with van der Waals surface area (Å²) in [4.78, 5) is 2.49. The number of rotatable bonds is 6. The van der Waals surface area contributed by atoms with Gasteiger partial charge in [-0.3, -0.25) is 0 Å². The second-order valence-corrected chi connectivity index (χ2v) is 5.60. The van der Waals surface area contributed by atoms with Gasteiger partial charge in [0, 0.05) is 18.2 Å². The van der Waals surface area contributed by atoms with Crippen LogP contribution in [-0.2, 0) is 0 Å². The number of ether oxygens (including phenoxy) is 1. The average Bonchev–Trinajstić information content (AvgIpc) is 2.93. The van der Waals surface area contributed by atoms with Gasteiger partial charge in [0.15, 0.2) is 0 Å². The molecular weight excluding hydrogens is 252 g/mol. The molecular formula is C16H26N2O2. The summed E-state index contributed by atoms with van der Waals surface area (Å²) in [6.45, 7) is 8.83. The highest BCUT2D eigenvalue weighted by molar-refractivity contribution is 5.41. The van der Waals surface area contributed by atoms with Crippen molar-refractivity contribution in [1.82, 2.24) is 10.2 Å². The van der Waals surface area contributed by atoms with Gasteiger partial charge >= 0.3 is 0 Å². The lowest BCUT2D eigenvalue weighted by atomic mass is 10.0. The number of methoxy groups -OCH3 is 1. The molecule has 2 unspecified atom stereocenters. The van der Waals surface area contributed by atoms with E-state index in [9.17, 15) is 5.11 Å². The Bertz CT molecular complexity index is 436. The van der Waals surface area contributed by atoms with Gasteiger partial charge in [0.1, 0.15) is 11.5 Å². The minimum absolute atomic E-state index is 0.126. The fourth-order valence-electron chi connectivity index (χ4n) is 2.83. The minimum atomic E-state index is 0.126. The van der Waals surface area contributed by atoms with E-state index in [0.717, 1.165) is 24.4 Å². The molecule has 1 saturated heterocycles. The molecule has 4 nitrogen and oxygen atoms in total. The molecule has 0 bridgehead atoms. The quantitative estimate of drug-likeness (QED) is 0.838. The van der Waals surface area contributed by atoms with Gasteiger partial charge in [-0.25, -0.2) is 0 Å². The first-order chi connectivity index (χ1) is 9.63. The maximum Gasteiger partial charge on any atom is 0.120 e. The molecule has 1 aliphatic heterocycles. The Hall–Kier alpha value is -1.26. The summed E-state index contributed by atoms with van der Waals surface area (Å²) in [5, 5.41) is 13.5. The third kappa shape index (κ3) is 3.64. The van der Waals surface area contributed by atoms with Crippen molar-refractivity contribution in [1.29, 1.82) is 0 Å².